The number of aromatic hydroxyl groups is 1. The number of hydrogen-bond acceptors (Lipinski definition) is 9. The summed E-state index contributed by atoms with van der Waals surface area (Å²) >= 11 is 0. The van der Waals surface area contributed by atoms with Crippen molar-refractivity contribution in [2.45, 2.75) is 69.1 Å². The van der Waals surface area contributed by atoms with E-state index in [2.05, 4.69) is 16.0 Å². The summed E-state index contributed by atoms with van der Waals surface area (Å²) in [5.41, 5.74) is 11.6. The summed E-state index contributed by atoms with van der Waals surface area (Å²) in [5, 5.41) is 43.8. The summed E-state index contributed by atoms with van der Waals surface area (Å²) in [6.07, 6.45) is -0.807. The van der Waals surface area contributed by atoms with Gasteiger partial charge in [0.2, 0.25) is 17.7 Å². The van der Waals surface area contributed by atoms with Crippen molar-refractivity contribution < 1.29 is 49.2 Å². The fraction of sp³-hybridized carbons (Fsp3) is 0.500. The van der Waals surface area contributed by atoms with Crippen molar-refractivity contribution in [1.29, 1.82) is 0 Å². The van der Waals surface area contributed by atoms with Gasteiger partial charge in [0.15, 0.2) is 0 Å². The lowest BCUT2D eigenvalue weighted by Gasteiger charge is -2.25. The van der Waals surface area contributed by atoms with Crippen LogP contribution in [0.5, 0.6) is 5.75 Å². The number of unbranched alkanes of at least 4 members (excludes halogenated alkanes) is 1. The van der Waals surface area contributed by atoms with Gasteiger partial charge in [-0.1, -0.05) is 12.1 Å². The third-order valence-corrected chi connectivity index (χ3v) is 5.59. The maximum atomic E-state index is 13.0. The molecule has 4 atom stereocenters. The average Bonchev–Trinajstić information content (AvgIpc) is 2.86. The van der Waals surface area contributed by atoms with Gasteiger partial charge in [0.25, 0.3) is 0 Å². The number of carboxylic acids is 3. The first-order valence-corrected chi connectivity index (χ1v) is 12.1. The molecular formula is C24H35N5O10. The van der Waals surface area contributed by atoms with Gasteiger partial charge in [-0.2, -0.15) is 0 Å². The number of phenolic OH excluding ortho intramolecular Hbond substituents is 1. The zero-order chi connectivity index (χ0) is 29.5. The van der Waals surface area contributed by atoms with E-state index in [-0.39, 0.29) is 31.6 Å². The Bertz CT molecular complexity index is 1020. The minimum absolute atomic E-state index is 0.0248. The fourth-order valence-corrected chi connectivity index (χ4v) is 3.45. The molecule has 39 heavy (non-hydrogen) atoms. The van der Waals surface area contributed by atoms with Gasteiger partial charge in [-0.25, -0.2) is 4.79 Å². The van der Waals surface area contributed by atoms with Gasteiger partial charge in [-0.15, -0.1) is 0 Å². The van der Waals surface area contributed by atoms with Crippen LogP contribution in [-0.2, 0) is 35.2 Å². The van der Waals surface area contributed by atoms with Crippen LogP contribution in [-0.4, -0.2) is 86.8 Å². The van der Waals surface area contributed by atoms with Gasteiger partial charge in [-0.05, 0) is 49.9 Å². The molecule has 1 aromatic rings. The Morgan fingerprint density at radius 2 is 1.31 bits per heavy atom. The lowest BCUT2D eigenvalue weighted by Crippen LogP contribution is -2.57. The van der Waals surface area contributed by atoms with Crippen molar-refractivity contribution in [1.82, 2.24) is 16.0 Å². The smallest absolute Gasteiger partial charge is 0.326 e. The zero-order valence-electron chi connectivity index (χ0n) is 21.2. The highest BCUT2D eigenvalue weighted by Gasteiger charge is 2.31. The third kappa shape index (κ3) is 12.7. The molecule has 15 nitrogen and oxygen atoms in total. The number of aliphatic carboxylic acids is 3. The van der Waals surface area contributed by atoms with E-state index in [9.17, 15) is 44.1 Å². The Balaban J connectivity index is 3.02. The van der Waals surface area contributed by atoms with E-state index in [0.717, 1.165) is 0 Å². The number of rotatable bonds is 18. The van der Waals surface area contributed by atoms with Crippen LogP contribution in [0.15, 0.2) is 24.3 Å². The molecule has 0 saturated heterocycles. The minimum Gasteiger partial charge on any atom is -0.508 e. The molecule has 216 valence electrons. The number of hydrogen-bond donors (Lipinski definition) is 9. The van der Waals surface area contributed by atoms with E-state index in [1.54, 1.807) is 0 Å². The standard InChI is InChI=1S/C24H35N5O10/c25-10-2-1-3-16(22(36)29-18(24(38)39)11-13-4-6-14(30)7-5-13)27-23(37)17(12-20(33)34)28-21(35)15(26)8-9-19(31)32/h4-7,15-18,30H,1-3,8-12,25-26H2,(H,27,37)(H,28,35)(H,29,36)(H,31,32)(H,33,34)(H,38,39). The fourth-order valence-electron chi connectivity index (χ4n) is 3.45. The summed E-state index contributed by atoms with van der Waals surface area (Å²) in [6, 6.07) is 0.0221. The number of amides is 3. The first kappa shape index (κ1) is 32.8. The molecule has 0 heterocycles. The van der Waals surface area contributed by atoms with Crippen molar-refractivity contribution in [3.8, 4) is 5.75 Å². The Morgan fingerprint density at radius 3 is 1.85 bits per heavy atom. The van der Waals surface area contributed by atoms with Crippen LogP contribution >= 0.6 is 0 Å². The van der Waals surface area contributed by atoms with Gasteiger partial charge in [0, 0.05) is 12.8 Å². The number of carbonyl (C=O) groups is 6. The second-order valence-corrected chi connectivity index (χ2v) is 8.81. The predicted molar refractivity (Wildman–Crippen MR) is 135 cm³/mol. The van der Waals surface area contributed by atoms with Crippen molar-refractivity contribution in [3.63, 3.8) is 0 Å². The average molecular weight is 554 g/mol. The quantitative estimate of drug-likeness (QED) is 0.0917. The van der Waals surface area contributed by atoms with Crippen LogP contribution < -0.4 is 27.4 Å². The van der Waals surface area contributed by atoms with Crippen molar-refractivity contribution in [3.05, 3.63) is 29.8 Å². The highest BCUT2D eigenvalue weighted by atomic mass is 16.4. The van der Waals surface area contributed by atoms with Crippen LogP contribution in [0, 0.1) is 0 Å². The van der Waals surface area contributed by atoms with Crippen molar-refractivity contribution in [2.75, 3.05) is 6.54 Å². The van der Waals surface area contributed by atoms with E-state index in [0.29, 0.717) is 18.4 Å². The van der Waals surface area contributed by atoms with Gasteiger partial charge >= 0.3 is 17.9 Å². The van der Waals surface area contributed by atoms with Crippen LogP contribution in [0.2, 0.25) is 0 Å². The molecule has 0 aromatic heterocycles. The van der Waals surface area contributed by atoms with Gasteiger partial charge < -0.3 is 47.8 Å². The minimum atomic E-state index is -1.65. The number of carboxylic acid groups (broad SMARTS) is 3. The van der Waals surface area contributed by atoms with Crippen LogP contribution in [0.4, 0.5) is 0 Å². The third-order valence-electron chi connectivity index (χ3n) is 5.59. The second-order valence-electron chi connectivity index (χ2n) is 8.81. The summed E-state index contributed by atoms with van der Waals surface area (Å²) in [4.78, 5) is 72.1. The molecule has 0 aliphatic rings. The summed E-state index contributed by atoms with van der Waals surface area (Å²) in [7, 11) is 0. The van der Waals surface area contributed by atoms with Gasteiger partial charge in [-0.3, -0.25) is 24.0 Å². The molecule has 0 saturated carbocycles. The number of nitrogens with one attached hydrogen (secondary N) is 3. The molecule has 0 bridgehead atoms. The van der Waals surface area contributed by atoms with E-state index in [4.69, 9.17) is 16.6 Å². The zero-order valence-corrected chi connectivity index (χ0v) is 21.2. The topological polar surface area (TPSA) is 271 Å². The van der Waals surface area contributed by atoms with Crippen molar-refractivity contribution >= 4 is 35.6 Å². The highest BCUT2D eigenvalue weighted by Crippen LogP contribution is 2.12. The maximum Gasteiger partial charge on any atom is 0.326 e. The number of benzene rings is 1. The van der Waals surface area contributed by atoms with E-state index < -0.39 is 72.6 Å². The maximum absolute atomic E-state index is 13.0. The molecule has 11 N–H and O–H groups in total. The first-order valence-electron chi connectivity index (χ1n) is 12.1. The highest BCUT2D eigenvalue weighted by molar-refractivity contribution is 5.95. The molecule has 0 fully saturated rings. The van der Waals surface area contributed by atoms with E-state index >= 15 is 0 Å². The van der Waals surface area contributed by atoms with E-state index in [1.807, 2.05) is 0 Å². The van der Waals surface area contributed by atoms with Crippen LogP contribution in [0.1, 0.15) is 44.1 Å². The predicted octanol–water partition coefficient (Wildman–Crippen LogP) is -1.73. The van der Waals surface area contributed by atoms with Gasteiger partial charge in [0.1, 0.15) is 23.9 Å². The summed E-state index contributed by atoms with van der Waals surface area (Å²) in [5.74, 6) is -6.87. The van der Waals surface area contributed by atoms with Crippen LogP contribution in [0.25, 0.3) is 0 Å². The molecule has 3 amide bonds. The first-order chi connectivity index (χ1) is 18.3. The summed E-state index contributed by atoms with van der Waals surface area (Å²) < 4.78 is 0. The lowest BCUT2D eigenvalue weighted by molar-refractivity contribution is -0.143. The lowest BCUT2D eigenvalue weighted by atomic mass is 10.0. The van der Waals surface area contributed by atoms with E-state index in [1.165, 1.54) is 24.3 Å². The Hall–Kier alpha value is -4.24. The SMILES string of the molecule is NCCCCC(NC(=O)C(CC(=O)O)NC(=O)C(N)CCC(=O)O)C(=O)NC(Cc1ccc(O)cc1)C(=O)O. The number of nitrogens with two attached hydrogens (primary N) is 2. The molecule has 4 unspecified atom stereocenters. The molecule has 15 heteroatoms. The number of phenols is 1. The second kappa shape index (κ2) is 16.6. The Morgan fingerprint density at radius 1 is 0.744 bits per heavy atom. The Kier molecular flexibility index (Phi) is 13.9. The normalized spacial score (nSPS) is 13.8. The molecular weight excluding hydrogens is 518 g/mol. The summed E-state index contributed by atoms with van der Waals surface area (Å²) in [6.45, 7) is 0.285. The monoisotopic (exact) mass is 553 g/mol. The molecule has 0 spiro atoms. The molecule has 0 aliphatic carbocycles. The molecule has 1 aromatic carbocycles. The van der Waals surface area contributed by atoms with Crippen LogP contribution in [0.3, 0.4) is 0 Å². The largest absolute Gasteiger partial charge is 0.508 e. The Labute approximate surface area is 223 Å². The molecule has 1 rings (SSSR count). The molecule has 0 aliphatic heterocycles. The number of carbonyl (C=O) groups excluding carboxylic acids is 3. The molecule has 0 radical (unpaired) electrons. The van der Waals surface area contributed by atoms with Crippen molar-refractivity contribution in [2.24, 2.45) is 11.5 Å². The van der Waals surface area contributed by atoms with Gasteiger partial charge in [0.05, 0.1) is 12.5 Å².